The summed E-state index contributed by atoms with van der Waals surface area (Å²) in [5, 5.41) is 9.40. The molecular formula is C16H20N2O2. The zero-order chi connectivity index (χ0) is 14.4. The molecule has 1 fully saturated rings. The smallest absolute Gasteiger partial charge is 0.323 e. The van der Waals surface area contributed by atoms with Crippen LogP contribution in [0.25, 0.3) is 0 Å². The second-order valence-corrected chi connectivity index (χ2v) is 5.12. The van der Waals surface area contributed by atoms with Gasteiger partial charge in [-0.2, -0.15) is 5.26 Å². The van der Waals surface area contributed by atoms with Crippen molar-refractivity contribution in [2.24, 2.45) is 0 Å². The van der Waals surface area contributed by atoms with E-state index in [9.17, 15) is 10.1 Å². The Bertz CT molecular complexity index is 481. The quantitative estimate of drug-likeness (QED) is 0.789. The van der Waals surface area contributed by atoms with E-state index in [1.807, 2.05) is 30.3 Å². The second-order valence-electron chi connectivity index (χ2n) is 5.12. The number of carbonyl (C=O) groups is 1. The summed E-state index contributed by atoms with van der Waals surface area (Å²) in [6.07, 6.45) is 2.93. The molecule has 2 rings (SSSR count). The Labute approximate surface area is 120 Å². The third kappa shape index (κ3) is 3.37. The first-order valence-electron chi connectivity index (χ1n) is 7.02. The molecule has 0 aliphatic carbocycles. The van der Waals surface area contributed by atoms with Crippen LogP contribution < -0.4 is 0 Å². The summed E-state index contributed by atoms with van der Waals surface area (Å²) >= 11 is 0. The van der Waals surface area contributed by atoms with Crippen molar-refractivity contribution in [3.05, 3.63) is 35.9 Å². The number of benzene rings is 1. The molecule has 1 aromatic carbocycles. The first-order valence-corrected chi connectivity index (χ1v) is 7.02. The summed E-state index contributed by atoms with van der Waals surface area (Å²) in [7, 11) is 1.42. The number of likely N-dealkylation sites (tertiary alicyclic amines) is 1. The topological polar surface area (TPSA) is 53.3 Å². The third-order valence-corrected chi connectivity index (χ3v) is 3.86. The summed E-state index contributed by atoms with van der Waals surface area (Å²) in [5.41, 5.74) is 1.00. The van der Waals surface area contributed by atoms with E-state index in [0.29, 0.717) is 6.54 Å². The van der Waals surface area contributed by atoms with E-state index < -0.39 is 0 Å². The highest BCUT2D eigenvalue weighted by Gasteiger charge is 2.31. The Morgan fingerprint density at radius 1 is 1.45 bits per heavy atom. The van der Waals surface area contributed by atoms with E-state index in [0.717, 1.165) is 31.4 Å². The van der Waals surface area contributed by atoms with Gasteiger partial charge in [0.25, 0.3) is 0 Å². The Balaban J connectivity index is 2.09. The molecule has 0 bridgehead atoms. The van der Waals surface area contributed by atoms with Gasteiger partial charge in [-0.25, -0.2) is 0 Å². The van der Waals surface area contributed by atoms with Gasteiger partial charge in [-0.15, -0.1) is 0 Å². The number of nitriles is 1. The van der Waals surface area contributed by atoms with E-state index in [2.05, 4.69) is 11.0 Å². The van der Waals surface area contributed by atoms with Crippen LogP contribution in [-0.2, 0) is 9.53 Å². The predicted molar refractivity (Wildman–Crippen MR) is 76.0 cm³/mol. The van der Waals surface area contributed by atoms with E-state index in [1.165, 1.54) is 7.11 Å². The van der Waals surface area contributed by atoms with Crippen LogP contribution in [0.2, 0.25) is 0 Å². The van der Waals surface area contributed by atoms with E-state index in [-0.39, 0.29) is 17.9 Å². The SMILES string of the molecule is COC(=O)[C@H]1CCCCN1CC(C#N)c1ccccc1. The molecule has 0 N–H and O–H groups in total. The molecule has 2 atom stereocenters. The molecule has 1 heterocycles. The van der Waals surface area contributed by atoms with Gasteiger partial charge in [-0.05, 0) is 24.9 Å². The standard InChI is InChI=1S/C16H20N2O2/c1-20-16(19)15-9-5-6-10-18(15)12-14(11-17)13-7-3-2-4-8-13/h2-4,7-8,14-15H,5-6,9-10,12H2,1H3/t14?,15-/m1/s1. The molecule has 106 valence electrons. The predicted octanol–water partition coefficient (Wildman–Crippen LogP) is 2.32. The fraction of sp³-hybridized carbons (Fsp3) is 0.500. The monoisotopic (exact) mass is 272 g/mol. The molecule has 4 nitrogen and oxygen atoms in total. The molecule has 0 radical (unpaired) electrons. The first-order chi connectivity index (χ1) is 9.76. The largest absolute Gasteiger partial charge is 0.468 e. The van der Waals surface area contributed by atoms with Gasteiger partial charge >= 0.3 is 5.97 Å². The van der Waals surface area contributed by atoms with Crippen LogP contribution in [0.15, 0.2) is 30.3 Å². The lowest BCUT2D eigenvalue weighted by Gasteiger charge is -2.34. The number of esters is 1. The number of carbonyl (C=O) groups excluding carboxylic acids is 1. The van der Waals surface area contributed by atoms with Gasteiger partial charge < -0.3 is 4.74 Å². The normalized spacial score (nSPS) is 20.9. The molecule has 0 saturated carbocycles. The second kappa shape index (κ2) is 7.06. The number of ether oxygens (including phenoxy) is 1. The fourth-order valence-corrected chi connectivity index (χ4v) is 2.75. The van der Waals surface area contributed by atoms with Gasteiger partial charge in [-0.3, -0.25) is 9.69 Å². The number of piperidine rings is 1. The number of nitrogens with zero attached hydrogens (tertiary/aromatic N) is 2. The van der Waals surface area contributed by atoms with E-state index in [4.69, 9.17) is 4.74 Å². The highest BCUT2D eigenvalue weighted by Crippen LogP contribution is 2.23. The summed E-state index contributed by atoms with van der Waals surface area (Å²) in [6.45, 7) is 1.44. The summed E-state index contributed by atoms with van der Waals surface area (Å²) < 4.78 is 4.88. The highest BCUT2D eigenvalue weighted by molar-refractivity contribution is 5.75. The van der Waals surface area contributed by atoms with Crippen LogP contribution in [0.4, 0.5) is 0 Å². The Hall–Kier alpha value is -1.86. The highest BCUT2D eigenvalue weighted by atomic mass is 16.5. The number of hydrogen-bond donors (Lipinski definition) is 0. The molecule has 20 heavy (non-hydrogen) atoms. The fourth-order valence-electron chi connectivity index (χ4n) is 2.75. The molecule has 0 spiro atoms. The molecule has 1 aromatic rings. The molecule has 1 unspecified atom stereocenters. The van der Waals surface area contributed by atoms with Crippen LogP contribution in [0.1, 0.15) is 30.7 Å². The minimum Gasteiger partial charge on any atom is -0.468 e. The van der Waals surface area contributed by atoms with Crippen molar-refractivity contribution < 1.29 is 9.53 Å². The van der Waals surface area contributed by atoms with Crippen molar-refractivity contribution in [1.82, 2.24) is 4.90 Å². The molecular weight excluding hydrogens is 252 g/mol. The minimum absolute atomic E-state index is 0.186. The average molecular weight is 272 g/mol. The lowest BCUT2D eigenvalue weighted by molar-refractivity contribution is -0.148. The van der Waals surface area contributed by atoms with Gasteiger partial charge in [0.2, 0.25) is 0 Å². The maximum absolute atomic E-state index is 11.8. The molecule has 4 heteroatoms. The van der Waals surface area contributed by atoms with Crippen LogP contribution in [0.3, 0.4) is 0 Å². The van der Waals surface area contributed by atoms with E-state index >= 15 is 0 Å². The Kier molecular flexibility index (Phi) is 5.14. The Morgan fingerprint density at radius 2 is 2.20 bits per heavy atom. The van der Waals surface area contributed by atoms with Crippen molar-refractivity contribution >= 4 is 5.97 Å². The van der Waals surface area contributed by atoms with Crippen molar-refractivity contribution in [3.63, 3.8) is 0 Å². The van der Waals surface area contributed by atoms with Gasteiger partial charge in [0.1, 0.15) is 6.04 Å². The summed E-state index contributed by atoms with van der Waals surface area (Å²) in [4.78, 5) is 13.9. The van der Waals surface area contributed by atoms with Gasteiger partial charge in [0, 0.05) is 6.54 Å². The zero-order valence-corrected chi connectivity index (χ0v) is 11.8. The lowest BCUT2D eigenvalue weighted by atomic mass is 9.96. The van der Waals surface area contributed by atoms with Gasteiger partial charge in [-0.1, -0.05) is 36.8 Å². The molecule has 0 aromatic heterocycles. The minimum atomic E-state index is -0.207. The van der Waals surface area contributed by atoms with Crippen LogP contribution in [-0.4, -0.2) is 37.1 Å². The molecule has 0 amide bonds. The first kappa shape index (κ1) is 14.5. The van der Waals surface area contributed by atoms with Gasteiger partial charge in [0.05, 0.1) is 19.1 Å². The third-order valence-electron chi connectivity index (χ3n) is 3.86. The summed E-state index contributed by atoms with van der Waals surface area (Å²) in [5.74, 6) is -0.393. The van der Waals surface area contributed by atoms with Gasteiger partial charge in [0.15, 0.2) is 0 Å². The average Bonchev–Trinajstić information content (AvgIpc) is 2.53. The number of rotatable bonds is 4. The van der Waals surface area contributed by atoms with Crippen molar-refractivity contribution in [3.8, 4) is 6.07 Å². The van der Waals surface area contributed by atoms with Crippen molar-refractivity contribution in [1.29, 1.82) is 5.26 Å². The van der Waals surface area contributed by atoms with Crippen molar-refractivity contribution in [2.75, 3.05) is 20.2 Å². The number of methoxy groups -OCH3 is 1. The molecule has 1 aliphatic heterocycles. The Morgan fingerprint density at radius 3 is 2.85 bits per heavy atom. The maximum atomic E-state index is 11.8. The lowest BCUT2D eigenvalue weighted by Crippen LogP contribution is -2.46. The van der Waals surface area contributed by atoms with Crippen LogP contribution in [0, 0.1) is 11.3 Å². The molecule has 1 saturated heterocycles. The van der Waals surface area contributed by atoms with Crippen LogP contribution >= 0.6 is 0 Å². The maximum Gasteiger partial charge on any atom is 0.323 e. The van der Waals surface area contributed by atoms with E-state index in [1.54, 1.807) is 0 Å². The molecule has 1 aliphatic rings. The van der Waals surface area contributed by atoms with Crippen molar-refractivity contribution in [2.45, 2.75) is 31.2 Å². The zero-order valence-electron chi connectivity index (χ0n) is 11.8. The number of hydrogen-bond acceptors (Lipinski definition) is 4. The van der Waals surface area contributed by atoms with Crippen LogP contribution in [0.5, 0.6) is 0 Å². The summed E-state index contributed by atoms with van der Waals surface area (Å²) in [6, 6.07) is 11.9.